The number of fused-ring (bicyclic) bond motifs is 1. The van der Waals surface area contributed by atoms with Gasteiger partial charge in [0.05, 0.1) is 7.05 Å². The normalized spacial score (nSPS) is 11.6. The lowest BCUT2D eigenvalue weighted by molar-refractivity contribution is -0.164. The number of carboxylic acids is 1. The van der Waals surface area contributed by atoms with Gasteiger partial charge in [-0.25, -0.2) is 9.18 Å². The Hall–Kier alpha value is -2.28. The zero-order valence-corrected chi connectivity index (χ0v) is 15.2. The predicted molar refractivity (Wildman–Crippen MR) is 92.3 cm³/mol. The van der Waals surface area contributed by atoms with Gasteiger partial charge in [-0.3, -0.25) is 0 Å². The maximum atomic E-state index is 13.1. The highest BCUT2D eigenvalue weighted by molar-refractivity contribution is 9.10. The van der Waals surface area contributed by atoms with Crippen LogP contribution < -0.4 is 9.56 Å². The minimum Gasteiger partial charge on any atom is -0.573 e. The molecule has 0 spiro atoms. The summed E-state index contributed by atoms with van der Waals surface area (Å²) >= 11 is 3.25. The molecule has 3 rings (SSSR count). The second kappa shape index (κ2) is 6.55. The fourth-order valence-electron chi connectivity index (χ4n) is 2.46. The SMILES string of the molecule is CN(c1cc2oc(-c3ccc(F)cc3)c(C(=O)O)c2cc1Br)[P+](=O)[O-]. The highest BCUT2D eigenvalue weighted by Crippen LogP contribution is 2.40. The summed E-state index contributed by atoms with van der Waals surface area (Å²) < 4.78 is 31.4. The minimum atomic E-state index is -2.87. The molecule has 3 aromatic rings. The molecule has 1 N–H and O–H groups in total. The molecule has 0 aliphatic rings. The quantitative estimate of drug-likeness (QED) is 0.630. The summed E-state index contributed by atoms with van der Waals surface area (Å²) in [5.41, 5.74) is 0.831. The number of halogens is 2. The van der Waals surface area contributed by atoms with Crippen LogP contribution in [0.1, 0.15) is 10.4 Å². The van der Waals surface area contributed by atoms with Gasteiger partial charge in [0.15, 0.2) is 0 Å². The zero-order valence-electron chi connectivity index (χ0n) is 12.7. The van der Waals surface area contributed by atoms with Crippen LogP contribution in [0.25, 0.3) is 22.3 Å². The van der Waals surface area contributed by atoms with Crippen LogP contribution >= 0.6 is 24.1 Å². The number of hydrogen-bond donors (Lipinski definition) is 1. The van der Waals surface area contributed by atoms with Crippen molar-refractivity contribution in [2.24, 2.45) is 0 Å². The average Bonchev–Trinajstić information content (AvgIpc) is 2.92. The Balaban J connectivity index is 2.28. The van der Waals surface area contributed by atoms with Crippen molar-refractivity contribution in [1.82, 2.24) is 0 Å². The first-order chi connectivity index (χ1) is 11.8. The molecule has 0 aliphatic heterocycles. The van der Waals surface area contributed by atoms with Crippen molar-refractivity contribution >= 4 is 46.7 Å². The number of rotatable bonds is 4. The Morgan fingerprint density at radius 1 is 1.32 bits per heavy atom. The standard InChI is InChI=1S/C16H10BrFNO5P/c1-19(25(22)23)12-7-13-10(6-11(12)17)14(16(20)21)15(24-13)8-2-4-9(18)5-3-8/h2-7H,1H3,(H,20,21). The molecule has 25 heavy (non-hydrogen) atoms. The Bertz CT molecular complexity index is 1000. The smallest absolute Gasteiger partial charge is 0.439 e. The van der Waals surface area contributed by atoms with Crippen molar-refractivity contribution in [2.75, 3.05) is 11.7 Å². The van der Waals surface area contributed by atoms with Crippen LogP contribution in [0.5, 0.6) is 0 Å². The number of carbonyl (C=O) groups is 1. The van der Waals surface area contributed by atoms with Crippen LogP contribution in [0.2, 0.25) is 0 Å². The summed E-state index contributed by atoms with van der Waals surface area (Å²) in [6.07, 6.45) is 0. The second-order valence-corrected chi connectivity index (χ2v) is 7.11. The molecular formula is C16H10BrFNO5P. The number of anilines is 1. The van der Waals surface area contributed by atoms with Crippen molar-refractivity contribution in [3.63, 3.8) is 0 Å². The van der Waals surface area contributed by atoms with Gasteiger partial charge in [-0.2, -0.15) is 4.67 Å². The fraction of sp³-hybridized carbons (Fsp3) is 0.0625. The van der Waals surface area contributed by atoms with Crippen LogP contribution in [0.3, 0.4) is 0 Å². The topological polar surface area (TPSA) is 93.8 Å². The number of furan rings is 1. The minimum absolute atomic E-state index is 0.0701. The molecule has 0 amide bonds. The summed E-state index contributed by atoms with van der Waals surface area (Å²) in [6.45, 7) is 0. The third kappa shape index (κ3) is 3.16. The number of aromatic carboxylic acids is 1. The summed E-state index contributed by atoms with van der Waals surface area (Å²) in [5.74, 6) is -1.59. The van der Waals surface area contributed by atoms with E-state index in [0.717, 1.165) is 4.67 Å². The predicted octanol–water partition coefficient (Wildman–Crippen LogP) is 4.15. The third-order valence-corrected chi connectivity index (χ3v) is 5.01. The van der Waals surface area contributed by atoms with E-state index in [1.54, 1.807) is 0 Å². The van der Waals surface area contributed by atoms with Gasteiger partial charge < -0.3 is 14.4 Å². The second-order valence-electron chi connectivity index (χ2n) is 5.18. The molecule has 0 saturated carbocycles. The summed E-state index contributed by atoms with van der Waals surface area (Å²) in [4.78, 5) is 22.9. The van der Waals surface area contributed by atoms with Crippen molar-refractivity contribution in [3.05, 3.63) is 52.3 Å². The van der Waals surface area contributed by atoms with Crippen molar-refractivity contribution in [1.29, 1.82) is 0 Å². The van der Waals surface area contributed by atoms with Crippen molar-refractivity contribution in [2.45, 2.75) is 0 Å². The lowest BCUT2D eigenvalue weighted by Crippen LogP contribution is -2.12. The van der Waals surface area contributed by atoms with Crippen LogP contribution in [0.15, 0.2) is 45.3 Å². The molecule has 1 heterocycles. The molecule has 0 saturated heterocycles. The molecule has 9 heteroatoms. The van der Waals surface area contributed by atoms with Crippen molar-refractivity contribution in [3.8, 4) is 11.3 Å². The van der Waals surface area contributed by atoms with Crippen LogP contribution in [0.4, 0.5) is 10.1 Å². The van der Waals surface area contributed by atoms with E-state index in [2.05, 4.69) is 15.9 Å². The van der Waals surface area contributed by atoms with Gasteiger partial charge in [-0.15, -0.1) is 0 Å². The van der Waals surface area contributed by atoms with E-state index in [0.29, 0.717) is 21.1 Å². The molecule has 2 aromatic carbocycles. The highest BCUT2D eigenvalue weighted by atomic mass is 79.9. The molecule has 128 valence electrons. The Labute approximate surface area is 150 Å². The molecule has 1 aromatic heterocycles. The monoisotopic (exact) mass is 425 g/mol. The third-order valence-electron chi connectivity index (χ3n) is 3.67. The first kappa shape index (κ1) is 17.5. The van der Waals surface area contributed by atoms with Crippen LogP contribution in [0, 0.1) is 5.82 Å². The van der Waals surface area contributed by atoms with E-state index < -0.39 is 20.0 Å². The Kier molecular flexibility index (Phi) is 4.60. The first-order valence-corrected chi connectivity index (χ1v) is 8.85. The molecule has 1 unspecified atom stereocenters. The van der Waals surface area contributed by atoms with E-state index in [4.69, 9.17) is 4.42 Å². The Morgan fingerprint density at radius 3 is 2.52 bits per heavy atom. The largest absolute Gasteiger partial charge is 0.573 e. The van der Waals surface area contributed by atoms with Crippen LogP contribution in [-0.2, 0) is 4.57 Å². The van der Waals surface area contributed by atoms with E-state index in [-0.39, 0.29) is 16.9 Å². The number of nitrogens with zero attached hydrogens (tertiary/aromatic N) is 1. The number of benzene rings is 2. The van der Waals surface area contributed by atoms with Gasteiger partial charge in [-0.1, -0.05) is 0 Å². The number of hydrogen-bond acceptors (Lipinski definition) is 4. The zero-order chi connectivity index (χ0) is 18.3. The summed E-state index contributed by atoms with van der Waals surface area (Å²) in [6, 6.07) is 8.15. The molecule has 0 fully saturated rings. The molecule has 0 aliphatic carbocycles. The van der Waals surface area contributed by atoms with Gasteiger partial charge in [-0.05, 0) is 50.8 Å². The maximum Gasteiger partial charge on any atom is 0.439 e. The van der Waals surface area contributed by atoms with Crippen molar-refractivity contribution < 1.29 is 28.2 Å². The van der Waals surface area contributed by atoms with E-state index in [1.807, 2.05) is 0 Å². The van der Waals surface area contributed by atoms with E-state index in [9.17, 15) is 23.7 Å². The van der Waals surface area contributed by atoms with Gasteiger partial charge in [0.25, 0.3) is 0 Å². The van der Waals surface area contributed by atoms with Gasteiger partial charge in [0, 0.05) is 21.5 Å². The van der Waals surface area contributed by atoms with E-state index in [1.165, 1.54) is 43.4 Å². The lowest BCUT2D eigenvalue weighted by Gasteiger charge is -2.10. The fourth-order valence-corrected chi connectivity index (χ4v) is 3.55. The molecular weight excluding hydrogens is 416 g/mol. The molecule has 0 bridgehead atoms. The maximum absolute atomic E-state index is 13.1. The van der Waals surface area contributed by atoms with Crippen LogP contribution in [-0.4, -0.2) is 18.1 Å². The average molecular weight is 426 g/mol. The summed E-state index contributed by atoms with van der Waals surface area (Å²) in [5, 5.41) is 9.87. The van der Waals surface area contributed by atoms with E-state index >= 15 is 0 Å². The first-order valence-electron chi connectivity index (χ1n) is 6.93. The van der Waals surface area contributed by atoms with Gasteiger partial charge >= 0.3 is 14.1 Å². The summed E-state index contributed by atoms with van der Waals surface area (Å²) in [7, 11) is -1.51. The van der Waals surface area contributed by atoms with Gasteiger partial charge in [0.1, 0.15) is 28.4 Å². The highest BCUT2D eigenvalue weighted by Gasteiger charge is 2.25. The molecule has 1 atom stereocenters. The number of carboxylic acid groups (broad SMARTS) is 1. The molecule has 0 radical (unpaired) electrons. The molecule has 6 nitrogen and oxygen atoms in total. The van der Waals surface area contributed by atoms with Gasteiger partial charge in [0.2, 0.25) is 0 Å². The lowest BCUT2D eigenvalue weighted by atomic mass is 10.1. The Morgan fingerprint density at radius 2 is 1.96 bits per heavy atom.